The van der Waals surface area contributed by atoms with Gasteiger partial charge in [-0.25, -0.2) is 0 Å². The van der Waals surface area contributed by atoms with Gasteiger partial charge in [0.2, 0.25) is 0 Å². The van der Waals surface area contributed by atoms with Crippen LogP contribution in [0.3, 0.4) is 0 Å². The fourth-order valence-electron chi connectivity index (χ4n) is 1.55. The van der Waals surface area contributed by atoms with Crippen LogP contribution < -0.4 is 0 Å². The van der Waals surface area contributed by atoms with Crippen LogP contribution in [0, 0.1) is 17.8 Å². The van der Waals surface area contributed by atoms with Crippen LogP contribution in [-0.4, -0.2) is 0 Å². The summed E-state index contributed by atoms with van der Waals surface area (Å²) in [6.45, 7) is 6.43. The highest BCUT2D eigenvalue weighted by Gasteiger charge is 2.20. The van der Waals surface area contributed by atoms with E-state index in [1.165, 1.54) is 18.4 Å². The van der Waals surface area contributed by atoms with Gasteiger partial charge in [0.15, 0.2) is 0 Å². The van der Waals surface area contributed by atoms with E-state index >= 15 is 0 Å². The summed E-state index contributed by atoms with van der Waals surface area (Å²) in [5.41, 5.74) is 3.17. The standard InChI is InChI=1S/C11H16/c1-4-5-6-9(2)11-8-7-10(11)3/h10H,6-8H2,1-3H3. The molecule has 0 saturated heterocycles. The second-order valence-corrected chi connectivity index (χ2v) is 3.35. The monoisotopic (exact) mass is 148 g/mol. The molecule has 0 spiro atoms. The smallest absolute Gasteiger partial charge is 0.0299 e. The van der Waals surface area contributed by atoms with Crippen molar-refractivity contribution in [3.63, 3.8) is 0 Å². The van der Waals surface area contributed by atoms with Gasteiger partial charge in [0.05, 0.1) is 0 Å². The molecule has 0 aromatic heterocycles. The topological polar surface area (TPSA) is 0 Å². The maximum Gasteiger partial charge on any atom is 0.0299 e. The minimum absolute atomic E-state index is 0.841. The third kappa shape index (κ3) is 1.87. The van der Waals surface area contributed by atoms with Gasteiger partial charge in [-0.15, -0.1) is 5.92 Å². The van der Waals surface area contributed by atoms with Gasteiger partial charge in [0.25, 0.3) is 0 Å². The van der Waals surface area contributed by atoms with E-state index in [9.17, 15) is 0 Å². The van der Waals surface area contributed by atoms with Crippen LogP contribution in [0.1, 0.15) is 40.0 Å². The molecule has 0 aliphatic heterocycles. The van der Waals surface area contributed by atoms with E-state index in [0.717, 1.165) is 12.3 Å². The van der Waals surface area contributed by atoms with Crippen molar-refractivity contribution in [3.05, 3.63) is 11.1 Å². The Morgan fingerprint density at radius 1 is 1.64 bits per heavy atom. The molecule has 1 fully saturated rings. The van der Waals surface area contributed by atoms with E-state index < -0.39 is 0 Å². The Bertz CT molecular complexity index is 222. The molecule has 1 saturated carbocycles. The summed E-state index contributed by atoms with van der Waals surface area (Å²) in [6, 6.07) is 0. The highest BCUT2D eigenvalue weighted by molar-refractivity contribution is 5.24. The Balaban J connectivity index is 2.54. The molecule has 1 aliphatic rings. The molecule has 0 amide bonds. The maximum atomic E-state index is 3.11. The number of hydrogen-bond acceptors (Lipinski definition) is 0. The molecule has 0 heterocycles. The molecule has 1 rings (SSSR count). The Labute approximate surface area is 69.7 Å². The largest absolute Gasteiger partial charge is 0.106 e. The summed E-state index contributed by atoms with van der Waals surface area (Å²) in [5, 5.41) is 0. The van der Waals surface area contributed by atoms with Crippen molar-refractivity contribution in [2.45, 2.75) is 40.0 Å². The highest BCUT2D eigenvalue weighted by atomic mass is 14.3. The van der Waals surface area contributed by atoms with Gasteiger partial charge in [0.1, 0.15) is 0 Å². The number of rotatable bonds is 1. The Morgan fingerprint density at radius 3 is 2.73 bits per heavy atom. The lowest BCUT2D eigenvalue weighted by atomic mass is 9.78. The Hall–Kier alpha value is -0.700. The zero-order valence-electron chi connectivity index (χ0n) is 7.70. The molecule has 1 atom stereocenters. The molecule has 11 heavy (non-hydrogen) atoms. The first kappa shape index (κ1) is 8.40. The second kappa shape index (κ2) is 3.62. The zero-order valence-corrected chi connectivity index (χ0v) is 7.70. The molecule has 0 heteroatoms. The number of hydrogen-bond donors (Lipinski definition) is 0. The normalized spacial score (nSPS) is 26.6. The van der Waals surface area contributed by atoms with E-state index in [-0.39, 0.29) is 0 Å². The Kier molecular flexibility index (Phi) is 2.76. The minimum Gasteiger partial charge on any atom is -0.106 e. The van der Waals surface area contributed by atoms with Gasteiger partial charge in [0, 0.05) is 6.42 Å². The lowest BCUT2D eigenvalue weighted by Gasteiger charge is -2.28. The SMILES string of the molecule is CC#CCC(C)=C1CCC1C. The van der Waals surface area contributed by atoms with Gasteiger partial charge in [-0.05, 0) is 32.6 Å². The molecule has 1 aliphatic carbocycles. The summed E-state index contributed by atoms with van der Waals surface area (Å²) >= 11 is 0. The number of allylic oxidation sites excluding steroid dienone is 2. The third-order valence-electron chi connectivity index (χ3n) is 2.52. The van der Waals surface area contributed by atoms with Crippen molar-refractivity contribution in [2.24, 2.45) is 5.92 Å². The molecule has 0 bridgehead atoms. The lowest BCUT2D eigenvalue weighted by molar-refractivity contribution is 0.474. The summed E-state index contributed by atoms with van der Waals surface area (Å²) in [7, 11) is 0. The molecule has 0 aromatic rings. The van der Waals surface area contributed by atoms with Gasteiger partial charge >= 0.3 is 0 Å². The molecular formula is C11H16. The van der Waals surface area contributed by atoms with Gasteiger partial charge in [-0.1, -0.05) is 24.0 Å². The van der Waals surface area contributed by atoms with E-state index in [2.05, 4.69) is 25.7 Å². The molecule has 0 nitrogen and oxygen atoms in total. The van der Waals surface area contributed by atoms with Crippen molar-refractivity contribution in [2.75, 3.05) is 0 Å². The van der Waals surface area contributed by atoms with E-state index in [0.29, 0.717) is 0 Å². The molecule has 0 aromatic carbocycles. The van der Waals surface area contributed by atoms with Gasteiger partial charge < -0.3 is 0 Å². The lowest BCUT2D eigenvalue weighted by Crippen LogP contribution is -2.13. The highest BCUT2D eigenvalue weighted by Crippen LogP contribution is 2.35. The summed E-state index contributed by atoms with van der Waals surface area (Å²) < 4.78 is 0. The molecule has 1 unspecified atom stereocenters. The zero-order chi connectivity index (χ0) is 8.27. The van der Waals surface area contributed by atoms with Crippen LogP contribution in [0.25, 0.3) is 0 Å². The summed E-state index contributed by atoms with van der Waals surface area (Å²) in [4.78, 5) is 0. The van der Waals surface area contributed by atoms with Crippen molar-refractivity contribution in [1.29, 1.82) is 0 Å². The van der Waals surface area contributed by atoms with Crippen LogP contribution in [-0.2, 0) is 0 Å². The average molecular weight is 148 g/mol. The van der Waals surface area contributed by atoms with Crippen molar-refractivity contribution < 1.29 is 0 Å². The van der Waals surface area contributed by atoms with Crippen LogP contribution in [0.2, 0.25) is 0 Å². The molecule has 60 valence electrons. The first-order valence-corrected chi connectivity index (χ1v) is 4.33. The minimum atomic E-state index is 0.841. The first-order valence-electron chi connectivity index (χ1n) is 4.33. The van der Waals surface area contributed by atoms with Crippen molar-refractivity contribution in [1.82, 2.24) is 0 Å². The fourth-order valence-corrected chi connectivity index (χ4v) is 1.55. The molecular weight excluding hydrogens is 132 g/mol. The summed E-state index contributed by atoms with van der Waals surface area (Å²) in [5.74, 6) is 6.88. The van der Waals surface area contributed by atoms with Crippen molar-refractivity contribution in [3.8, 4) is 11.8 Å². The fraction of sp³-hybridized carbons (Fsp3) is 0.636. The first-order chi connectivity index (χ1) is 5.25. The van der Waals surface area contributed by atoms with Gasteiger partial charge in [-0.2, -0.15) is 0 Å². The summed E-state index contributed by atoms with van der Waals surface area (Å²) in [6.07, 6.45) is 3.68. The molecule has 0 radical (unpaired) electrons. The molecule has 0 N–H and O–H groups in total. The predicted octanol–water partition coefficient (Wildman–Crippen LogP) is 3.15. The van der Waals surface area contributed by atoms with Crippen molar-refractivity contribution >= 4 is 0 Å². The third-order valence-corrected chi connectivity index (χ3v) is 2.52. The van der Waals surface area contributed by atoms with Crippen LogP contribution >= 0.6 is 0 Å². The predicted molar refractivity (Wildman–Crippen MR) is 49.2 cm³/mol. The van der Waals surface area contributed by atoms with Crippen LogP contribution in [0.5, 0.6) is 0 Å². The van der Waals surface area contributed by atoms with E-state index in [1.54, 1.807) is 5.57 Å². The average Bonchev–Trinajstić information content (AvgIpc) is 1.98. The maximum absolute atomic E-state index is 3.11. The van der Waals surface area contributed by atoms with Crippen LogP contribution in [0.15, 0.2) is 11.1 Å². The van der Waals surface area contributed by atoms with E-state index in [4.69, 9.17) is 0 Å². The van der Waals surface area contributed by atoms with Gasteiger partial charge in [-0.3, -0.25) is 0 Å². The quantitative estimate of drug-likeness (QED) is 0.396. The van der Waals surface area contributed by atoms with E-state index in [1.807, 2.05) is 6.92 Å². The second-order valence-electron chi connectivity index (χ2n) is 3.35. The van der Waals surface area contributed by atoms with Crippen LogP contribution in [0.4, 0.5) is 0 Å². The Morgan fingerprint density at radius 2 is 2.36 bits per heavy atom.